The molecule has 1 aromatic heterocycles. The van der Waals surface area contributed by atoms with Gasteiger partial charge in [-0.25, -0.2) is 0 Å². The van der Waals surface area contributed by atoms with E-state index in [0.29, 0.717) is 45.1 Å². The number of hydrogen-bond donors (Lipinski definition) is 1. The van der Waals surface area contributed by atoms with Crippen molar-refractivity contribution < 1.29 is 24.1 Å². The summed E-state index contributed by atoms with van der Waals surface area (Å²) in [5, 5.41) is 15.9. The summed E-state index contributed by atoms with van der Waals surface area (Å²) in [6.45, 7) is 7.51. The number of benzene rings is 2. The van der Waals surface area contributed by atoms with Crippen LogP contribution in [0.1, 0.15) is 16.7 Å². The van der Waals surface area contributed by atoms with Crippen LogP contribution in [0.15, 0.2) is 60.9 Å². The molecule has 1 amide bonds. The molecule has 1 saturated heterocycles. The van der Waals surface area contributed by atoms with Gasteiger partial charge in [-0.05, 0) is 49.2 Å². The number of β-amino-alcohol motifs (C(OH)–C–C–N with tert-alkyl or cyclic N) is 1. The number of hydrogen-bond acceptors (Lipinski definition) is 7. The second-order valence-corrected chi connectivity index (χ2v) is 10.1. The Labute approximate surface area is 224 Å². The molecule has 3 aromatic rings. The van der Waals surface area contributed by atoms with Crippen molar-refractivity contribution in [2.75, 3.05) is 53.1 Å². The molecule has 0 unspecified atom stereocenters. The number of aryl methyl sites for hydroxylation is 2. The molecule has 0 radical (unpaired) electrons. The Balaban J connectivity index is 1.41. The van der Waals surface area contributed by atoms with Gasteiger partial charge >= 0.3 is 0 Å². The molecule has 0 aliphatic carbocycles. The van der Waals surface area contributed by atoms with E-state index in [0.717, 1.165) is 22.4 Å². The summed E-state index contributed by atoms with van der Waals surface area (Å²) in [6.07, 6.45) is 3.82. The number of ether oxygens (including phenoxy) is 3. The molecule has 0 spiro atoms. The van der Waals surface area contributed by atoms with Crippen LogP contribution < -0.4 is 9.47 Å². The third-order valence-electron chi connectivity index (χ3n) is 6.49. The molecule has 1 aliphatic rings. The topological polar surface area (TPSA) is 89.3 Å². The number of carbonyl (C=O) groups excluding carboxylic acids is 1. The minimum Gasteiger partial charge on any atom is -0.492 e. The lowest BCUT2D eigenvalue weighted by Crippen LogP contribution is -2.52. The highest BCUT2D eigenvalue weighted by Gasteiger charge is 2.37. The lowest BCUT2D eigenvalue weighted by molar-refractivity contribution is -0.138. The number of aromatic nitrogens is 2. The van der Waals surface area contributed by atoms with Crippen LogP contribution in [0.4, 0.5) is 0 Å². The van der Waals surface area contributed by atoms with E-state index in [4.69, 9.17) is 14.2 Å². The van der Waals surface area contributed by atoms with Gasteiger partial charge in [-0.1, -0.05) is 29.8 Å². The third kappa shape index (κ3) is 8.05. The van der Waals surface area contributed by atoms with Gasteiger partial charge in [0.05, 0.1) is 19.3 Å². The number of amides is 1. The summed E-state index contributed by atoms with van der Waals surface area (Å²) in [5.74, 6) is 1.33. The van der Waals surface area contributed by atoms with Crippen LogP contribution in [-0.4, -0.2) is 89.3 Å². The minimum absolute atomic E-state index is 0.0214. The summed E-state index contributed by atoms with van der Waals surface area (Å²) in [7, 11) is 1.50. The first-order chi connectivity index (χ1) is 18.3. The first-order valence-corrected chi connectivity index (χ1v) is 12.9. The second-order valence-electron chi connectivity index (χ2n) is 10.1. The van der Waals surface area contributed by atoms with Gasteiger partial charge in [-0.2, -0.15) is 5.10 Å². The summed E-state index contributed by atoms with van der Waals surface area (Å²) in [4.78, 5) is 16.5. The summed E-state index contributed by atoms with van der Waals surface area (Å²) < 4.78 is 18.9. The van der Waals surface area contributed by atoms with Gasteiger partial charge in [0.1, 0.15) is 36.9 Å². The lowest BCUT2D eigenvalue weighted by Gasteiger charge is -2.33. The molecule has 4 rings (SSSR count). The maximum Gasteiger partial charge on any atom is 0.248 e. The fourth-order valence-electron chi connectivity index (χ4n) is 4.59. The van der Waals surface area contributed by atoms with Crippen molar-refractivity contribution in [2.45, 2.75) is 32.5 Å². The average Bonchev–Trinajstić information content (AvgIpc) is 3.23. The van der Waals surface area contributed by atoms with Gasteiger partial charge in [0, 0.05) is 39.5 Å². The summed E-state index contributed by atoms with van der Waals surface area (Å²) >= 11 is 0. The number of rotatable bonds is 11. The average molecular weight is 523 g/mol. The molecule has 2 aromatic carbocycles. The van der Waals surface area contributed by atoms with Gasteiger partial charge in [0.25, 0.3) is 0 Å². The summed E-state index contributed by atoms with van der Waals surface area (Å²) in [5.41, 5.74) is 2.07. The maximum atomic E-state index is 12.7. The van der Waals surface area contributed by atoms with Crippen molar-refractivity contribution in [3.05, 3.63) is 77.6 Å². The van der Waals surface area contributed by atoms with Crippen LogP contribution in [0.5, 0.6) is 11.5 Å². The van der Waals surface area contributed by atoms with E-state index in [1.807, 2.05) is 79.5 Å². The van der Waals surface area contributed by atoms with Gasteiger partial charge in [0.15, 0.2) is 0 Å². The highest BCUT2D eigenvalue weighted by molar-refractivity contribution is 5.77. The van der Waals surface area contributed by atoms with E-state index in [1.165, 1.54) is 7.11 Å². The predicted molar refractivity (Wildman–Crippen MR) is 144 cm³/mol. The highest BCUT2D eigenvalue weighted by Crippen LogP contribution is 2.22. The minimum atomic E-state index is -1.25. The Morgan fingerprint density at radius 3 is 2.58 bits per heavy atom. The molecular formula is C29H38N4O5. The molecule has 1 aliphatic heterocycles. The van der Waals surface area contributed by atoms with Gasteiger partial charge in [0.2, 0.25) is 5.91 Å². The number of carbonyl (C=O) groups is 1. The number of nitrogens with zero attached hydrogens (tertiary/aromatic N) is 4. The Hall–Kier alpha value is -3.40. The van der Waals surface area contributed by atoms with Crippen LogP contribution in [0, 0.1) is 13.8 Å². The molecule has 9 nitrogen and oxygen atoms in total. The van der Waals surface area contributed by atoms with E-state index in [2.05, 4.69) is 10.00 Å². The van der Waals surface area contributed by atoms with Gasteiger partial charge in [-0.15, -0.1) is 0 Å². The third-order valence-corrected chi connectivity index (χ3v) is 6.49. The van der Waals surface area contributed by atoms with Crippen molar-refractivity contribution in [2.24, 2.45) is 0 Å². The van der Waals surface area contributed by atoms with E-state index in [1.54, 1.807) is 4.90 Å². The molecule has 2 heterocycles. The Morgan fingerprint density at radius 1 is 1.03 bits per heavy atom. The molecule has 0 bridgehead atoms. The molecule has 204 valence electrons. The van der Waals surface area contributed by atoms with Crippen LogP contribution in [0.3, 0.4) is 0 Å². The van der Waals surface area contributed by atoms with Gasteiger partial charge < -0.3 is 24.2 Å². The highest BCUT2D eigenvalue weighted by atomic mass is 16.5. The van der Waals surface area contributed by atoms with Crippen molar-refractivity contribution in [1.82, 2.24) is 19.6 Å². The molecule has 0 saturated carbocycles. The fraction of sp³-hybridized carbons (Fsp3) is 0.448. The molecule has 1 atom stereocenters. The van der Waals surface area contributed by atoms with Crippen LogP contribution >= 0.6 is 0 Å². The van der Waals surface area contributed by atoms with Crippen LogP contribution in [0.2, 0.25) is 0 Å². The van der Waals surface area contributed by atoms with E-state index in [-0.39, 0.29) is 25.7 Å². The molecule has 38 heavy (non-hydrogen) atoms. The first kappa shape index (κ1) is 27.6. The predicted octanol–water partition coefficient (Wildman–Crippen LogP) is 2.68. The maximum absolute atomic E-state index is 12.7. The molecular weight excluding hydrogens is 484 g/mol. The molecule has 9 heteroatoms. The zero-order chi connectivity index (χ0) is 27.0. The molecule has 1 fully saturated rings. The Kier molecular flexibility index (Phi) is 9.38. The van der Waals surface area contributed by atoms with Crippen molar-refractivity contribution >= 4 is 5.91 Å². The van der Waals surface area contributed by atoms with E-state index >= 15 is 0 Å². The Morgan fingerprint density at radius 2 is 1.84 bits per heavy atom. The zero-order valence-electron chi connectivity index (χ0n) is 22.5. The standard InChI is InChI=1S/C29H38N4O5/c1-23-7-9-26(10-8-23)38-22-29(35)20-31(11-12-32(21-29)28(34)19-36-3)18-25-5-4-6-27(15-25)37-14-13-33-17-24(2)16-30-33/h4-10,15-17,35H,11-14,18-22H2,1-3H3/t29-/m1/s1. The Bertz CT molecular complexity index is 1180. The largest absolute Gasteiger partial charge is 0.492 e. The van der Waals surface area contributed by atoms with Crippen molar-refractivity contribution in [3.8, 4) is 11.5 Å². The SMILES string of the molecule is COCC(=O)N1CCN(Cc2cccc(OCCn3cc(C)cn3)c2)C[C@](O)(COc2ccc(C)cc2)C1. The van der Waals surface area contributed by atoms with Crippen LogP contribution in [0.25, 0.3) is 0 Å². The second kappa shape index (κ2) is 12.9. The lowest BCUT2D eigenvalue weighted by atomic mass is 10.0. The number of methoxy groups -OCH3 is 1. The van der Waals surface area contributed by atoms with Gasteiger partial charge in [-0.3, -0.25) is 14.4 Å². The smallest absolute Gasteiger partial charge is 0.248 e. The van der Waals surface area contributed by atoms with Crippen LogP contribution in [-0.2, 0) is 22.6 Å². The fourth-order valence-corrected chi connectivity index (χ4v) is 4.59. The van der Waals surface area contributed by atoms with E-state index in [9.17, 15) is 9.90 Å². The number of aliphatic hydroxyl groups is 1. The first-order valence-electron chi connectivity index (χ1n) is 12.9. The zero-order valence-corrected chi connectivity index (χ0v) is 22.5. The summed E-state index contributed by atoms with van der Waals surface area (Å²) in [6, 6.07) is 15.7. The van der Waals surface area contributed by atoms with Crippen molar-refractivity contribution in [3.63, 3.8) is 0 Å². The van der Waals surface area contributed by atoms with E-state index < -0.39 is 5.60 Å². The molecule has 1 N–H and O–H groups in total. The monoisotopic (exact) mass is 522 g/mol. The van der Waals surface area contributed by atoms with Crippen molar-refractivity contribution in [1.29, 1.82) is 0 Å². The normalized spacial score (nSPS) is 18.3. The quantitative estimate of drug-likeness (QED) is 0.414.